The minimum Gasteiger partial charge on any atom is -0.376 e. The molecule has 18 heavy (non-hydrogen) atoms. The molecule has 0 radical (unpaired) electrons. The first-order chi connectivity index (χ1) is 8.70. The van der Waals surface area contributed by atoms with Crippen LogP contribution in [0.4, 0.5) is 0 Å². The number of aromatic nitrogens is 1. The van der Waals surface area contributed by atoms with Crippen molar-refractivity contribution >= 4 is 11.8 Å². The van der Waals surface area contributed by atoms with Crippen LogP contribution < -0.4 is 0 Å². The molecule has 0 aliphatic carbocycles. The number of hydrogen-bond acceptors (Lipinski definition) is 5. The number of rotatable bonds is 3. The summed E-state index contributed by atoms with van der Waals surface area (Å²) in [7, 11) is 0. The lowest BCUT2D eigenvalue weighted by Crippen LogP contribution is -2.30. The summed E-state index contributed by atoms with van der Waals surface area (Å²) in [5.74, 6) is 0.768. The summed E-state index contributed by atoms with van der Waals surface area (Å²) in [5.41, 5.74) is 2.59. The number of hydrogen-bond donors (Lipinski definition) is 0. The molecule has 2 rings (SSSR count). The molecule has 1 saturated heterocycles. The molecule has 1 atom stereocenters. The summed E-state index contributed by atoms with van der Waals surface area (Å²) in [6.45, 7) is 5.83. The van der Waals surface area contributed by atoms with Gasteiger partial charge in [-0.25, -0.2) is 4.98 Å². The zero-order valence-electron chi connectivity index (χ0n) is 10.6. The molecule has 1 aliphatic rings. The van der Waals surface area contributed by atoms with Crippen LogP contribution in [-0.4, -0.2) is 36.7 Å². The second-order valence-electron chi connectivity index (χ2n) is 4.25. The van der Waals surface area contributed by atoms with Crippen LogP contribution in [0.3, 0.4) is 0 Å². The van der Waals surface area contributed by atoms with E-state index < -0.39 is 0 Å². The Morgan fingerprint density at radius 2 is 2.33 bits per heavy atom. The smallest absolute Gasteiger partial charge is 0.114 e. The van der Waals surface area contributed by atoms with Crippen molar-refractivity contribution in [2.24, 2.45) is 0 Å². The van der Waals surface area contributed by atoms with Gasteiger partial charge in [0.15, 0.2) is 0 Å². The van der Waals surface area contributed by atoms with E-state index in [1.54, 1.807) is 11.8 Å². The molecule has 4 nitrogen and oxygen atoms in total. The summed E-state index contributed by atoms with van der Waals surface area (Å²) < 4.78 is 10.9. The molecule has 1 aromatic heterocycles. The van der Waals surface area contributed by atoms with E-state index in [1.807, 2.05) is 19.9 Å². The lowest BCUT2D eigenvalue weighted by atomic mass is 10.1. The Kier molecular flexibility index (Phi) is 4.59. The van der Waals surface area contributed by atoms with Gasteiger partial charge in [-0.15, -0.1) is 11.8 Å². The van der Waals surface area contributed by atoms with Crippen LogP contribution in [0.25, 0.3) is 0 Å². The van der Waals surface area contributed by atoms with Crippen molar-refractivity contribution in [3.05, 3.63) is 22.9 Å². The van der Waals surface area contributed by atoms with E-state index in [4.69, 9.17) is 14.7 Å². The fourth-order valence-electron chi connectivity index (χ4n) is 1.85. The van der Waals surface area contributed by atoms with E-state index in [0.29, 0.717) is 25.4 Å². The van der Waals surface area contributed by atoms with Gasteiger partial charge in [0.2, 0.25) is 0 Å². The molecule has 1 fully saturated rings. The van der Waals surface area contributed by atoms with Gasteiger partial charge in [-0.3, -0.25) is 0 Å². The number of thioether (sulfide) groups is 1. The quantitative estimate of drug-likeness (QED) is 0.782. The topological polar surface area (TPSA) is 55.1 Å². The summed E-state index contributed by atoms with van der Waals surface area (Å²) in [5, 5.41) is 9.96. The van der Waals surface area contributed by atoms with Crippen molar-refractivity contribution in [3.8, 4) is 6.07 Å². The van der Waals surface area contributed by atoms with E-state index in [1.165, 1.54) is 0 Å². The van der Waals surface area contributed by atoms with Crippen molar-refractivity contribution in [1.29, 1.82) is 5.26 Å². The van der Waals surface area contributed by atoms with Crippen molar-refractivity contribution in [2.45, 2.75) is 25.0 Å². The number of ether oxygens (including phenoxy) is 2. The highest BCUT2D eigenvalue weighted by Crippen LogP contribution is 2.25. The standard InChI is InChI=1S/C13H16N2O2S/c1-9-5-10(2)15-13(12(9)6-14)18-8-11-7-16-3-4-17-11/h5,11H,3-4,7-8H2,1-2H3/t11-/m1/s1. The molecule has 2 heterocycles. The zero-order valence-corrected chi connectivity index (χ0v) is 11.4. The van der Waals surface area contributed by atoms with Gasteiger partial charge in [-0.1, -0.05) is 0 Å². The summed E-state index contributed by atoms with van der Waals surface area (Å²) >= 11 is 1.57. The van der Waals surface area contributed by atoms with E-state index in [2.05, 4.69) is 11.1 Å². The Morgan fingerprint density at radius 3 is 3.00 bits per heavy atom. The van der Waals surface area contributed by atoms with Gasteiger partial charge in [0, 0.05) is 11.4 Å². The summed E-state index contributed by atoms with van der Waals surface area (Å²) in [6, 6.07) is 4.16. The van der Waals surface area contributed by atoms with E-state index in [9.17, 15) is 0 Å². The minimum atomic E-state index is 0.0953. The largest absolute Gasteiger partial charge is 0.376 e. The Hall–Kier alpha value is -1.09. The van der Waals surface area contributed by atoms with Gasteiger partial charge >= 0.3 is 0 Å². The molecule has 96 valence electrons. The molecule has 0 amide bonds. The highest BCUT2D eigenvalue weighted by atomic mass is 32.2. The van der Waals surface area contributed by atoms with Crippen molar-refractivity contribution in [1.82, 2.24) is 4.98 Å². The van der Waals surface area contributed by atoms with Crippen LogP contribution in [0.1, 0.15) is 16.8 Å². The van der Waals surface area contributed by atoms with Gasteiger partial charge in [-0.05, 0) is 25.5 Å². The highest BCUT2D eigenvalue weighted by Gasteiger charge is 2.17. The Morgan fingerprint density at radius 1 is 1.50 bits per heavy atom. The molecule has 0 spiro atoms. The number of nitriles is 1. The van der Waals surface area contributed by atoms with Gasteiger partial charge in [0.1, 0.15) is 11.1 Å². The SMILES string of the molecule is Cc1cc(C)c(C#N)c(SC[C@H]2COCCO2)n1. The fourth-order valence-corrected chi connectivity index (χ4v) is 2.94. The second-order valence-corrected chi connectivity index (χ2v) is 5.26. The Balaban J connectivity index is 2.06. The Bertz CT molecular complexity index is 465. The van der Waals surface area contributed by atoms with Crippen LogP contribution in [0.15, 0.2) is 11.1 Å². The number of aryl methyl sites for hydroxylation is 2. The number of nitrogens with zero attached hydrogens (tertiary/aromatic N) is 2. The van der Waals surface area contributed by atoms with Gasteiger partial charge in [-0.2, -0.15) is 5.26 Å². The van der Waals surface area contributed by atoms with Gasteiger partial charge in [0.25, 0.3) is 0 Å². The second kappa shape index (κ2) is 6.19. The van der Waals surface area contributed by atoms with Crippen LogP contribution >= 0.6 is 11.8 Å². The molecular formula is C13H16N2O2S. The molecule has 5 heteroatoms. The summed E-state index contributed by atoms with van der Waals surface area (Å²) in [4.78, 5) is 4.43. The highest BCUT2D eigenvalue weighted by molar-refractivity contribution is 7.99. The summed E-state index contributed by atoms with van der Waals surface area (Å²) in [6.07, 6.45) is 0.0953. The molecule has 0 bridgehead atoms. The zero-order chi connectivity index (χ0) is 13.0. The minimum absolute atomic E-state index is 0.0953. The van der Waals surface area contributed by atoms with Crippen molar-refractivity contribution in [2.75, 3.05) is 25.6 Å². The van der Waals surface area contributed by atoms with Crippen LogP contribution in [0.2, 0.25) is 0 Å². The maximum Gasteiger partial charge on any atom is 0.114 e. The third kappa shape index (κ3) is 3.22. The maximum atomic E-state index is 9.17. The first kappa shape index (κ1) is 13.3. The van der Waals surface area contributed by atoms with Crippen LogP contribution in [0.5, 0.6) is 0 Å². The average molecular weight is 264 g/mol. The monoisotopic (exact) mass is 264 g/mol. The van der Waals surface area contributed by atoms with Crippen LogP contribution in [-0.2, 0) is 9.47 Å². The lowest BCUT2D eigenvalue weighted by molar-refractivity contribution is -0.0776. The first-order valence-corrected chi connectivity index (χ1v) is 6.89. The van der Waals surface area contributed by atoms with E-state index >= 15 is 0 Å². The van der Waals surface area contributed by atoms with Crippen molar-refractivity contribution < 1.29 is 9.47 Å². The third-order valence-electron chi connectivity index (χ3n) is 2.71. The molecule has 1 aliphatic heterocycles. The molecule has 1 aromatic rings. The van der Waals surface area contributed by atoms with Crippen LogP contribution in [0, 0.1) is 25.2 Å². The predicted molar refractivity (Wildman–Crippen MR) is 69.7 cm³/mol. The van der Waals surface area contributed by atoms with Gasteiger partial charge in [0.05, 0.1) is 31.5 Å². The lowest BCUT2D eigenvalue weighted by Gasteiger charge is -2.22. The van der Waals surface area contributed by atoms with Crippen molar-refractivity contribution in [3.63, 3.8) is 0 Å². The number of pyridine rings is 1. The Labute approximate surface area is 111 Å². The molecule has 0 aromatic carbocycles. The van der Waals surface area contributed by atoms with E-state index in [-0.39, 0.29) is 6.10 Å². The van der Waals surface area contributed by atoms with E-state index in [0.717, 1.165) is 22.0 Å². The maximum absolute atomic E-state index is 9.17. The average Bonchev–Trinajstić information content (AvgIpc) is 2.37. The normalized spacial score (nSPS) is 19.5. The molecule has 0 saturated carbocycles. The molecule has 0 N–H and O–H groups in total. The third-order valence-corrected chi connectivity index (χ3v) is 3.82. The molecular weight excluding hydrogens is 248 g/mol. The first-order valence-electron chi connectivity index (χ1n) is 5.91. The molecule has 0 unspecified atom stereocenters. The van der Waals surface area contributed by atoms with Gasteiger partial charge < -0.3 is 9.47 Å². The predicted octanol–water partition coefficient (Wildman–Crippen LogP) is 2.08. The fraction of sp³-hybridized carbons (Fsp3) is 0.538.